The van der Waals surface area contributed by atoms with E-state index in [1.165, 1.54) is 16.2 Å². The van der Waals surface area contributed by atoms with Crippen molar-refractivity contribution in [2.75, 3.05) is 18.5 Å². The number of rotatable bonds is 6. The Balaban J connectivity index is 1.67. The zero-order valence-electron chi connectivity index (χ0n) is 15.7. The van der Waals surface area contributed by atoms with Gasteiger partial charge in [-0.3, -0.25) is 13.9 Å². The number of imidazole rings is 1. The second-order valence-electron chi connectivity index (χ2n) is 6.69. The van der Waals surface area contributed by atoms with Crippen LogP contribution in [0.2, 0.25) is 0 Å². The second-order valence-corrected chi connectivity index (χ2v) is 6.69. The molecule has 0 saturated carbocycles. The third-order valence-corrected chi connectivity index (χ3v) is 5.01. The molecule has 1 aromatic carbocycles. The van der Waals surface area contributed by atoms with Gasteiger partial charge in [-0.05, 0) is 18.1 Å². The van der Waals surface area contributed by atoms with Gasteiger partial charge in [0.2, 0.25) is 5.95 Å². The average Bonchev–Trinajstić information content (AvgIpc) is 3.27. The fraction of sp³-hybridized carbons (Fsp3) is 0.316. The molecule has 0 spiro atoms. The number of hydrogen-bond acceptors (Lipinski definition) is 4. The SMILES string of the molecule is Cn1c(=O)c2c(nc(NCCc3c[nH]c4ccccc34)n2CCF)n(C)c1=O. The second kappa shape index (κ2) is 6.99. The Morgan fingerprint density at radius 1 is 1.18 bits per heavy atom. The minimum Gasteiger partial charge on any atom is -0.361 e. The van der Waals surface area contributed by atoms with E-state index in [0.717, 1.165) is 27.5 Å². The topological polar surface area (TPSA) is 89.6 Å². The van der Waals surface area contributed by atoms with Crippen LogP contribution < -0.4 is 16.6 Å². The molecule has 9 heteroatoms. The van der Waals surface area contributed by atoms with Gasteiger partial charge in [0.25, 0.3) is 5.56 Å². The molecule has 0 atom stereocenters. The van der Waals surface area contributed by atoms with Crippen molar-refractivity contribution in [3.05, 3.63) is 56.9 Å². The summed E-state index contributed by atoms with van der Waals surface area (Å²) in [7, 11) is 2.95. The van der Waals surface area contributed by atoms with E-state index >= 15 is 0 Å². The number of nitrogens with one attached hydrogen (secondary N) is 2. The number of aromatic nitrogens is 5. The lowest BCUT2D eigenvalue weighted by Gasteiger charge is -2.09. The van der Waals surface area contributed by atoms with Gasteiger partial charge >= 0.3 is 5.69 Å². The number of halogens is 1. The third-order valence-electron chi connectivity index (χ3n) is 5.01. The molecular formula is C19H21FN6O2. The number of hydrogen-bond donors (Lipinski definition) is 2. The first-order valence-corrected chi connectivity index (χ1v) is 9.04. The molecule has 0 fully saturated rings. The fourth-order valence-corrected chi connectivity index (χ4v) is 3.53. The summed E-state index contributed by atoms with van der Waals surface area (Å²) in [5, 5.41) is 4.34. The molecule has 0 aliphatic rings. The summed E-state index contributed by atoms with van der Waals surface area (Å²) in [5.74, 6) is 0.380. The monoisotopic (exact) mass is 384 g/mol. The highest BCUT2D eigenvalue weighted by Gasteiger charge is 2.18. The molecule has 3 aromatic heterocycles. The highest BCUT2D eigenvalue weighted by atomic mass is 19.1. The molecule has 4 aromatic rings. The third kappa shape index (κ3) is 2.79. The standard InChI is InChI=1S/C19H21FN6O2/c1-24-16-15(17(27)25(2)19(24)28)26(10-8-20)18(23-16)21-9-7-12-11-22-14-6-4-3-5-13(12)14/h3-6,11,22H,7-10H2,1-2H3,(H,21,23). The Morgan fingerprint density at radius 2 is 1.96 bits per heavy atom. The first kappa shape index (κ1) is 18.0. The molecule has 0 aliphatic carbocycles. The Hall–Kier alpha value is -3.36. The van der Waals surface area contributed by atoms with Crippen LogP contribution in [-0.4, -0.2) is 36.9 Å². The van der Waals surface area contributed by atoms with Crippen molar-refractivity contribution in [2.45, 2.75) is 13.0 Å². The number of aromatic amines is 1. The zero-order chi connectivity index (χ0) is 19.8. The number of fused-ring (bicyclic) bond motifs is 2. The first-order valence-electron chi connectivity index (χ1n) is 9.04. The van der Waals surface area contributed by atoms with E-state index in [0.29, 0.717) is 12.5 Å². The molecule has 0 amide bonds. The molecule has 2 N–H and O–H groups in total. The van der Waals surface area contributed by atoms with Crippen molar-refractivity contribution in [3.8, 4) is 0 Å². The molecule has 28 heavy (non-hydrogen) atoms. The average molecular weight is 384 g/mol. The summed E-state index contributed by atoms with van der Waals surface area (Å²) in [6.45, 7) is -0.111. The highest BCUT2D eigenvalue weighted by Crippen LogP contribution is 2.19. The van der Waals surface area contributed by atoms with Crippen molar-refractivity contribution in [3.63, 3.8) is 0 Å². The van der Waals surface area contributed by atoms with Crippen molar-refractivity contribution in [1.82, 2.24) is 23.7 Å². The number of benzene rings is 1. The Kier molecular flexibility index (Phi) is 4.50. The number of H-pyrrole nitrogens is 1. The lowest BCUT2D eigenvalue weighted by molar-refractivity contribution is 0.451. The van der Waals surface area contributed by atoms with Crippen LogP contribution in [0, 0.1) is 0 Å². The summed E-state index contributed by atoms with van der Waals surface area (Å²) in [6, 6.07) is 8.04. The van der Waals surface area contributed by atoms with Gasteiger partial charge in [-0.1, -0.05) is 18.2 Å². The van der Waals surface area contributed by atoms with Gasteiger partial charge in [-0.15, -0.1) is 0 Å². The molecule has 0 saturated heterocycles. The van der Waals surface area contributed by atoms with Crippen molar-refractivity contribution in [2.24, 2.45) is 14.1 Å². The largest absolute Gasteiger partial charge is 0.361 e. The van der Waals surface area contributed by atoms with Crippen molar-refractivity contribution < 1.29 is 4.39 Å². The molecule has 0 unspecified atom stereocenters. The lowest BCUT2D eigenvalue weighted by Crippen LogP contribution is -2.37. The van der Waals surface area contributed by atoms with Gasteiger partial charge < -0.3 is 14.9 Å². The number of nitrogens with zero attached hydrogens (tertiary/aromatic N) is 4. The summed E-state index contributed by atoms with van der Waals surface area (Å²) >= 11 is 0. The van der Waals surface area contributed by atoms with Crippen LogP contribution in [0.3, 0.4) is 0 Å². The van der Waals surface area contributed by atoms with Gasteiger partial charge in [-0.25, -0.2) is 9.18 Å². The van der Waals surface area contributed by atoms with Crippen LogP contribution in [0.1, 0.15) is 5.56 Å². The first-order chi connectivity index (χ1) is 13.5. The molecule has 0 bridgehead atoms. The van der Waals surface area contributed by atoms with E-state index in [1.807, 2.05) is 24.4 Å². The Bertz CT molecular complexity index is 1280. The summed E-state index contributed by atoms with van der Waals surface area (Å²) < 4.78 is 17.0. The van der Waals surface area contributed by atoms with Crippen molar-refractivity contribution >= 4 is 28.0 Å². The quantitative estimate of drug-likeness (QED) is 0.528. The molecule has 146 valence electrons. The minimum absolute atomic E-state index is 0.0145. The van der Waals surface area contributed by atoms with E-state index in [9.17, 15) is 14.0 Å². The van der Waals surface area contributed by atoms with Crippen LogP contribution in [-0.2, 0) is 27.1 Å². The lowest BCUT2D eigenvalue weighted by atomic mass is 10.1. The molecule has 8 nitrogen and oxygen atoms in total. The molecule has 0 aliphatic heterocycles. The van der Waals surface area contributed by atoms with Crippen molar-refractivity contribution in [1.29, 1.82) is 0 Å². The predicted octanol–water partition coefficient (Wildman–Crippen LogP) is 1.54. The van der Waals surface area contributed by atoms with Gasteiger partial charge in [0, 0.05) is 37.7 Å². The molecule has 0 radical (unpaired) electrons. The highest BCUT2D eigenvalue weighted by molar-refractivity contribution is 5.83. The minimum atomic E-state index is -0.644. The van der Waals surface area contributed by atoms with E-state index < -0.39 is 17.9 Å². The number of para-hydroxylation sites is 1. The molecule has 4 rings (SSSR count). The molecular weight excluding hydrogens is 363 g/mol. The predicted molar refractivity (Wildman–Crippen MR) is 107 cm³/mol. The smallest absolute Gasteiger partial charge is 0.332 e. The van der Waals surface area contributed by atoms with Crippen LogP contribution in [0.5, 0.6) is 0 Å². The fourth-order valence-electron chi connectivity index (χ4n) is 3.53. The summed E-state index contributed by atoms with van der Waals surface area (Å²) in [6.07, 6.45) is 2.69. The molecule has 3 heterocycles. The number of aryl methyl sites for hydroxylation is 2. The number of alkyl halides is 1. The number of anilines is 1. The maximum Gasteiger partial charge on any atom is 0.332 e. The summed E-state index contributed by atoms with van der Waals surface area (Å²) in [5.41, 5.74) is 1.74. The van der Waals surface area contributed by atoms with E-state index in [4.69, 9.17) is 0 Å². The van der Waals surface area contributed by atoms with E-state index in [1.54, 1.807) is 7.05 Å². The van der Waals surface area contributed by atoms with Crippen LogP contribution in [0.4, 0.5) is 10.3 Å². The van der Waals surface area contributed by atoms with E-state index in [-0.39, 0.29) is 17.7 Å². The summed E-state index contributed by atoms with van der Waals surface area (Å²) in [4.78, 5) is 32.3. The van der Waals surface area contributed by atoms with Crippen LogP contribution in [0.25, 0.3) is 22.1 Å². The maximum absolute atomic E-state index is 13.1. The Morgan fingerprint density at radius 3 is 2.75 bits per heavy atom. The van der Waals surface area contributed by atoms with Gasteiger partial charge in [-0.2, -0.15) is 4.98 Å². The normalized spacial score (nSPS) is 11.5. The zero-order valence-corrected chi connectivity index (χ0v) is 15.7. The maximum atomic E-state index is 13.1. The van der Waals surface area contributed by atoms with Crippen LogP contribution in [0.15, 0.2) is 40.1 Å². The van der Waals surface area contributed by atoms with E-state index in [2.05, 4.69) is 21.4 Å². The van der Waals surface area contributed by atoms with Gasteiger partial charge in [0.15, 0.2) is 11.2 Å². The van der Waals surface area contributed by atoms with Crippen LogP contribution >= 0.6 is 0 Å². The Labute approximate surface area is 159 Å². The van der Waals surface area contributed by atoms with Gasteiger partial charge in [0.05, 0.1) is 6.54 Å². The van der Waals surface area contributed by atoms with Gasteiger partial charge in [0.1, 0.15) is 6.67 Å².